The number of hydrogen-bond donors (Lipinski definition) is 7. The molecule has 13 rings (SSSR count). The molecule has 1 aliphatic rings. The fourth-order valence-corrected chi connectivity index (χ4v) is 9.11. The summed E-state index contributed by atoms with van der Waals surface area (Å²) < 4.78 is 0. The summed E-state index contributed by atoms with van der Waals surface area (Å²) in [5.41, 5.74) is 15.5. The predicted octanol–water partition coefficient (Wildman–Crippen LogP) is 9.51. The zero-order valence-electron chi connectivity index (χ0n) is 37.8. The van der Waals surface area contributed by atoms with Crippen molar-refractivity contribution in [2.45, 2.75) is 19.8 Å². The average Bonchev–Trinajstić information content (AvgIpc) is 3.68. The van der Waals surface area contributed by atoms with Crippen LogP contribution >= 0.6 is 0 Å². The number of imidazole rings is 2. The van der Waals surface area contributed by atoms with E-state index in [0.717, 1.165) is 107 Å². The second-order valence-corrected chi connectivity index (χ2v) is 17.5. The van der Waals surface area contributed by atoms with Crippen molar-refractivity contribution in [3.8, 4) is 78.7 Å². The SMILES string of the molecule is CCNC(=N)c1cncc(-c2cc(-c3cncc(-c4cncc5[nH]c(-c6n[nH]c7ccc(-c8cncc(NC(=O)C9CC9)c8)cc67)nc45)c3)c3[nH]nc(-c4nc5c(-c6cccnc6)cncc5[nH]4)c3c2)c1. The minimum Gasteiger partial charge on any atom is -0.370 e. The highest BCUT2D eigenvalue weighted by Gasteiger charge is 2.30. The van der Waals surface area contributed by atoms with Crippen molar-refractivity contribution >= 4 is 61.3 Å². The number of benzene rings is 2. The molecule has 18 heteroatoms. The highest BCUT2D eigenvalue weighted by Crippen LogP contribution is 2.40. The van der Waals surface area contributed by atoms with E-state index in [0.29, 0.717) is 46.3 Å². The van der Waals surface area contributed by atoms with Crippen LogP contribution in [0.2, 0.25) is 0 Å². The lowest BCUT2D eigenvalue weighted by molar-refractivity contribution is -0.117. The molecule has 0 unspecified atom stereocenters. The minimum absolute atomic E-state index is 0.0316. The van der Waals surface area contributed by atoms with Gasteiger partial charge < -0.3 is 20.6 Å². The molecule has 7 N–H and O–H groups in total. The normalized spacial score (nSPS) is 12.6. The van der Waals surface area contributed by atoms with Crippen LogP contribution in [0.5, 0.6) is 0 Å². The second-order valence-electron chi connectivity index (χ2n) is 17.5. The van der Waals surface area contributed by atoms with Crippen molar-refractivity contribution in [1.29, 1.82) is 5.41 Å². The first-order valence-electron chi connectivity index (χ1n) is 23.0. The number of aromatic amines is 4. The van der Waals surface area contributed by atoms with E-state index in [9.17, 15) is 4.79 Å². The van der Waals surface area contributed by atoms with Gasteiger partial charge in [0.05, 0.1) is 46.3 Å². The number of carbonyl (C=O) groups is 1. The monoisotopic (exact) mass is 929 g/mol. The fraction of sp³-hybridized carbons (Fsp3) is 0.0943. The van der Waals surface area contributed by atoms with Crippen molar-refractivity contribution < 1.29 is 4.79 Å². The molecule has 12 aromatic rings. The Labute approximate surface area is 402 Å². The zero-order valence-corrected chi connectivity index (χ0v) is 37.8. The van der Waals surface area contributed by atoms with Crippen molar-refractivity contribution in [3.63, 3.8) is 0 Å². The Balaban J connectivity index is 0.901. The van der Waals surface area contributed by atoms with Gasteiger partial charge in [-0.3, -0.25) is 50.3 Å². The maximum atomic E-state index is 12.5. The van der Waals surface area contributed by atoms with Crippen LogP contribution in [-0.2, 0) is 4.79 Å². The van der Waals surface area contributed by atoms with E-state index in [1.807, 2.05) is 49.5 Å². The molecule has 0 atom stereocenters. The van der Waals surface area contributed by atoms with E-state index in [1.165, 1.54) is 0 Å². The van der Waals surface area contributed by atoms with Crippen LogP contribution in [0.1, 0.15) is 25.3 Å². The van der Waals surface area contributed by atoms with Crippen LogP contribution in [0.4, 0.5) is 5.69 Å². The maximum absolute atomic E-state index is 12.5. The largest absolute Gasteiger partial charge is 0.370 e. The van der Waals surface area contributed by atoms with Gasteiger partial charge in [0.25, 0.3) is 0 Å². The molecule has 0 saturated heterocycles. The summed E-state index contributed by atoms with van der Waals surface area (Å²) in [6.07, 6.45) is 23.1. The first-order valence-corrected chi connectivity index (χ1v) is 23.0. The third-order valence-corrected chi connectivity index (χ3v) is 12.8. The Bertz CT molecular complexity index is 4070. The quantitative estimate of drug-likeness (QED) is 0.0473. The van der Waals surface area contributed by atoms with E-state index in [1.54, 1.807) is 68.2 Å². The van der Waals surface area contributed by atoms with E-state index >= 15 is 0 Å². The second kappa shape index (κ2) is 16.7. The molecule has 1 amide bonds. The van der Waals surface area contributed by atoms with Gasteiger partial charge in [0.1, 0.15) is 28.3 Å². The lowest BCUT2D eigenvalue weighted by Gasteiger charge is -2.11. The number of hydrogen-bond acceptors (Lipinski definition) is 12. The standard InChI is InChI=1S/C53H39N17O/c1-2-61-50(54)35-10-31(17-56-21-35)30-14-37(45-39(15-30)49(70-68-45)52-64-43-25-59-23-40(46(43)65-52)29-4-3-9-55-16-29)33-11-34(20-57-19-33)41-24-60-26-44-47(41)66-51(63-44)48-38-13-28(7-8-42(38)67-69-48)32-12-36(22-58-18-32)62-53(71)27-5-6-27/h3-4,7-27H,2,5-6H2,1H3,(H2,54,61)(H,62,71)(H,63,66)(H,64,65)(H,67,69)(H,68,70). The van der Waals surface area contributed by atoms with Gasteiger partial charge in [0, 0.05) is 129 Å². The van der Waals surface area contributed by atoms with Crippen LogP contribution in [-0.4, -0.2) is 88.5 Å². The van der Waals surface area contributed by atoms with Gasteiger partial charge in [0.2, 0.25) is 5.91 Å². The summed E-state index contributed by atoms with van der Waals surface area (Å²) in [6.45, 7) is 2.57. The molecule has 2 aromatic carbocycles. The summed E-state index contributed by atoms with van der Waals surface area (Å²) >= 11 is 0. The number of rotatable bonds is 11. The Kier molecular flexibility index (Phi) is 9.75. The molecule has 10 aromatic heterocycles. The van der Waals surface area contributed by atoms with E-state index in [4.69, 9.17) is 30.6 Å². The van der Waals surface area contributed by atoms with Gasteiger partial charge in [-0.2, -0.15) is 10.2 Å². The summed E-state index contributed by atoms with van der Waals surface area (Å²) in [7, 11) is 0. The number of H-pyrrole nitrogens is 4. The number of nitrogens with one attached hydrogen (secondary N) is 7. The summed E-state index contributed by atoms with van der Waals surface area (Å²) in [6, 6.07) is 20.0. The summed E-state index contributed by atoms with van der Waals surface area (Å²) in [5.74, 6) is 1.53. The average molecular weight is 930 g/mol. The molecule has 18 nitrogen and oxygen atoms in total. The van der Waals surface area contributed by atoms with Crippen molar-refractivity contribution in [1.82, 2.24) is 75.6 Å². The van der Waals surface area contributed by atoms with Crippen LogP contribution in [0.3, 0.4) is 0 Å². The van der Waals surface area contributed by atoms with Crippen LogP contribution < -0.4 is 10.6 Å². The number of anilines is 1. The molecule has 0 radical (unpaired) electrons. The highest BCUT2D eigenvalue weighted by molar-refractivity contribution is 6.06. The Morgan fingerprint density at radius 1 is 0.592 bits per heavy atom. The van der Waals surface area contributed by atoms with Crippen LogP contribution in [0.15, 0.2) is 135 Å². The molecule has 1 fully saturated rings. The predicted molar refractivity (Wildman–Crippen MR) is 272 cm³/mol. The molecule has 0 aliphatic heterocycles. The molecule has 342 valence electrons. The smallest absolute Gasteiger partial charge is 0.227 e. The number of carbonyl (C=O) groups excluding carboxylic acids is 1. The minimum atomic E-state index is 0.0316. The molecule has 1 aliphatic carbocycles. The first-order chi connectivity index (χ1) is 34.9. The number of fused-ring (bicyclic) bond motifs is 4. The number of amides is 1. The van der Waals surface area contributed by atoms with Gasteiger partial charge in [-0.05, 0) is 79.4 Å². The molecule has 0 spiro atoms. The molecule has 71 heavy (non-hydrogen) atoms. The van der Waals surface area contributed by atoms with Crippen molar-refractivity contribution in [3.05, 3.63) is 141 Å². The molecular formula is C53H39N17O. The van der Waals surface area contributed by atoms with E-state index < -0.39 is 0 Å². The third kappa shape index (κ3) is 7.46. The van der Waals surface area contributed by atoms with Crippen molar-refractivity contribution in [2.75, 3.05) is 11.9 Å². The topological polar surface area (TPSA) is 257 Å². The first kappa shape index (κ1) is 41.4. The molecule has 10 heterocycles. The van der Waals surface area contributed by atoms with Gasteiger partial charge in [-0.15, -0.1) is 0 Å². The van der Waals surface area contributed by atoms with Gasteiger partial charge in [0.15, 0.2) is 11.6 Å². The third-order valence-electron chi connectivity index (χ3n) is 12.8. The zero-order chi connectivity index (χ0) is 47.6. The molecule has 1 saturated carbocycles. The number of amidine groups is 1. The molecular weight excluding hydrogens is 891 g/mol. The van der Waals surface area contributed by atoms with Crippen molar-refractivity contribution in [2.24, 2.45) is 5.92 Å². The summed E-state index contributed by atoms with van der Waals surface area (Å²) in [5, 5.41) is 32.5. The van der Waals surface area contributed by atoms with Gasteiger partial charge >= 0.3 is 0 Å². The van der Waals surface area contributed by atoms with Crippen LogP contribution in [0.25, 0.3) is 123 Å². The van der Waals surface area contributed by atoms with Gasteiger partial charge in [-0.25, -0.2) is 9.97 Å². The Morgan fingerprint density at radius 2 is 1.24 bits per heavy atom. The number of aromatic nitrogens is 14. The lowest BCUT2D eigenvalue weighted by atomic mass is 9.95. The Hall–Kier alpha value is -9.84. The highest BCUT2D eigenvalue weighted by atomic mass is 16.2. The molecule has 0 bridgehead atoms. The summed E-state index contributed by atoms with van der Waals surface area (Å²) in [4.78, 5) is 56.9. The number of nitrogens with zero attached hydrogens (tertiary/aromatic N) is 10. The fourth-order valence-electron chi connectivity index (χ4n) is 9.11. The van der Waals surface area contributed by atoms with Crippen LogP contribution in [0, 0.1) is 11.3 Å². The Morgan fingerprint density at radius 3 is 1.99 bits per heavy atom. The number of pyridine rings is 6. The lowest BCUT2D eigenvalue weighted by Crippen LogP contribution is -2.22. The van der Waals surface area contributed by atoms with E-state index in [2.05, 4.69) is 80.0 Å². The van der Waals surface area contributed by atoms with Gasteiger partial charge in [-0.1, -0.05) is 12.1 Å². The van der Waals surface area contributed by atoms with E-state index in [-0.39, 0.29) is 17.7 Å². The maximum Gasteiger partial charge on any atom is 0.227 e.